The number of likely N-dealkylation sites (N-methyl/N-ethyl adjacent to an activating group) is 1. The molecule has 94 valence electrons. The summed E-state index contributed by atoms with van der Waals surface area (Å²) in [5.41, 5.74) is 4.69. The second-order valence-electron chi connectivity index (χ2n) is 6.09. The van der Waals surface area contributed by atoms with Gasteiger partial charge in [0.25, 0.3) is 0 Å². The highest BCUT2D eigenvalue weighted by Gasteiger charge is 2.26. The van der Waals surface area contributed by atoms with E-state index < -0.39 is 0 Å². The van der Waals surface area contributed by atoms with Gasteiger partial charge in [-0.1, -0.05) is 32.4 Å². The molecule has 0 aliphatic heterocycles. The number of allylic oxidation sites excluding steroid dienone is 3. The van der Waals surface area contributed by atoms with E-state index in [0.717, 1.165) is 12.8 Å². The van der Waals surface area contributed by atoms with Gasteiger partial charge in [0.15, 0.2) is 0 Å². The minimum Gasteiger partial charge on any atom is -0.351 e. The van der Waals surface area contributed by atoms with Gasteiger partial charge >= 0.3 is 0 Å². The summed E-state index contributed by atoms with van der Waals surface area (Å²) in [4.78, 5) is 2.35. The van der Waals surface area contributed by atoms with Crippen LogP contribution in [0.15, 0.2) is 35.2 Å². The van der Waals surface area contributed by atoms with E-state index in [4.69, 9.17) is 0 Å². The molecule has 0 aromatic carbocycles. The predicted molar refractivity (Wildman–Crippen MR) is 73.5 cm³/mol. The van der Waals surface area contributed by atoms with Gasteiger partial charge in [-0.05, 0) is 24.6 Å². The van der Waals surface area contributed by atoms with Gasteiger partial charge in [-0.25, -0.2) is 0 Å². The summed E-state index contributed by atoms with van der Waals surface area (Å²) in [6.07, 6.45) is 9.13. The summed E-state index contributed by atoms with van der Waals surface area (Å²) in [7, 11) is 4.20. The molecule has 0 spiro atoms. The molecule has 0 aromatic heterocycles. The molecule has 0 saturated heterocycles. The molecule has 1 N–H and O–H groups in total. The normalized spacial score (nSPS) is 23.8. The van der Waals surface area contributed by atoms with Crippen molar-refractivity contribution in [3.63, 3.8) is 0 Å². The van der Waals surface area contributed by atoms with Crippen molar-refractivity contribution in [3.05, 3.63) is 35.2 Å². The quantitative estimate of drug-likeness (QED) is 0.804. The van der Waals surface area contributed by atoms with Crippen molar-refractivity contribution in [2.45, 2.75) is 39.7 Å². The van der Waals surface area contributed by atoms with Gasteiger partial charge in [0.05, 0.1) is 0 Å². The number of nitrogens with zero attached hydrogens (tertiary/aromatic N) is 1. The van der Waals surface area contributed by atoms with Crippen molar-refractivity contribution < 1.29 is 0 Å². The minimum atomic E-state index is 0.292. The van der Waals surface area contributed by atoms with Gasteiger partial charge in [-0.3, -0.25) is 0 Å². The van der Waals surface area contributed by atoms with E-state index in [1.807, 2.05) is 7.05 Å². The Morgan fingerprint density at radius 1 is 1.24 bits per heavy atom. The summed E-state index contributed by atoms with van der Waals surface area (Å²) in [6, 6.07) is 0.574. The Bertz CT molecular complexity index is 394. The molecule has 2 aliphatic rings. The van der Waals surface area contributed by atoms with Crippen LogP contribution in [0.5, 0.6) is 0 Å². The third-order valence-corrected chi connectivity index (χ3v) is 3.87. The fourth-order valence-electron chi connectivity index (χ4n) is 2.30. The fourth-order valence-corrected chi connectivity index (χ4v) is 2.30. The first-order valence-electron chi connectivity index (χ1n) is 6.43. The van der Waals surface area contributed by atoms with Gasteiger partial charge in [-0.2, -0.15) is 0 Å². The van der Waals surface area contributed by atoms with Crippen molar-refractivity contribution in [2.24, 2.45) is 5.41 Å². The van der Waals surface area contributed by atoms with Crippen LogP contribution in [0.2, 0.25) is 0 Å². The van der Waals surface area contributed by atoms with Gasteiger partial charge in [0.2, 0.25) is 0 Å². The monoisotopic (exact) mass is 232 g/mol. The lowest BCUT2D eigenvalue weighted by atomic mass is 9.85. The topological polar surface area (TPSA) is 15.3 Å². The molecule has 0 radical (unpaired) electrons. The van der Waals surface area contributed by atoms with E-state index in [2.05, 4.69) is 56.3 Å². The summed E-state index contributed by atoms with van der Waals surface area (Å²) < 4.78 is 0. The Hall–Kier alpha value is -1.02. The zero-order valence-electron chi connectivity index (χ0n) is 11.7. The van der Waals surface area contributed by atoms with Crippen molar-refractivity contribution in [1.29, 1.82) is 0 Å². The molecule has 0 saturated carbocycles. The summed E-state index contributed by atoms with van der Waals surface area (Å²) in [6.45, 7) is 6.86. The zero-order chi connectivity index (χ0) is 12.6. The van der Waals surface area contributed by atoms with Crippen LogP contribution < -0.4 is 5.32 Å². The van der Waals surface area contributed by atoms with Crippen LogP contribution in [0.3, 0.4) is 0 Å². The summed E-state index contributed by atoms with van der Waals surface area (Å²) >= 11 is 0. The molecule has 0 heterocycles. The SMILES string of the molecule is CNC1C=C(N(C)C2=CC=C(C(C)(C)C)C2)C1. The van der Waals surface area contributed by atoms with Gasteiger partial charge < -0.3 is 10.2 Å². The van der Waals surface area contributed by atoms with Crippen molar-refractivity contribution >= 4 is 0 Å². The number of hydrogen-bond acceptors (Lipinski definition) is 2. The van der Waals surface area contributed by atoms with Crippen LogP contribution in [0.1, 0.15) is 33.6 Å². The van der Waals surface area contributed by atoms with E-state index in [1.165, 1.54) is 17.0 Å². The van der Waals surface area contributed by atoms with Crippen LogP contribution in [0.4, 0.5) is 0 Å². The highest BCUT2D eigenvalue weighted by atomic mass is 15.1. The minimum absolute atomic E-state index is 0.292. The predicted octanol–water partition coefficient (Wildman–Crippen LogP) is 3.05. The molecule has 2 aliphatic carbocycles. The first-order valence-corrected chi connectivity index (χ1v) is 6.43. The zero-order valence-corrected chi connectivity index (χ0v) is 11.7. The Morgan fingerprint density at radius 2 is 1.88 bits per heavy atom. The maximum absolute atomic E-state index is 3.27. The molecule has 0 fully saturated rings. The van der Waals surface area contributed by atoms with Gasteiger partial charge in [0, 0.05) is 37.3 Å². The Morgan fingerprint density at radius 3 is 2.35 bits per heavy atom. The maximum atomic E-state index is 3.27. The third-order valence-electron chi connectivity index (χ3n) is 3.87. The largest absolute Gasteiger partial charge is 0.351 e. The first-order chi connectivity index (χ1) is 7.91. The molecule has 0 aromatic rings. The smallest absolute Gasteiger partial charge is 0.0321 e. The second-order valence-corrected chi connectivity index (χ2v) is 6.09. The highest BCUT2D eigenvalue weighted by molar-refractivity contribution is 5.36. The van der Waals surface area contributed by atoms with Crippen molar-refractivity contribution in [1.82, 2.24) is 10.2 Å². The number of nitrogens with one attached hydrogen (secondary N) is 1. The molecule has 17 heavy (non-hydrogen) atoms. The molecule has 0 amide bonds. The third kappa shape index (κ3) is 2.47. The van der Waals surface area contributed by atoms with Gasteiger partial charge in [0.1, 0.15) is 0 Å². The molecular weight excluding hydrogens is 208 g/mol. The molecule has 2 rings (SSSR count). The summed E-state index contributed by atoms with van der Waals surface area (Å²) in [5.74, 6) is 0. The Balaban J connectivity index is 1.96. The van der Waals surface area contributed by atoms with Gasteiger partial charge in [-0.15, -0.1) is 0 Å². The van der Waals surface area contributed by atoms with Crippen LogP contribution >= 0.6 is 0 Å². The average Bonchev–Trinajstić information content (AvgIpc) is 2.63. The molecule has 2 heteroatoms. The molecule has 1 unspecified atom stereocenters. The van der Waals surface area contributed by atoms with Crippen molar-refractivity contribution in [3.8, 4) is 0 Å². The highest BCUT2D eigenvalue weighted by Crippen LogP contribution is 2.37. The Labute approximate surface area is 105 Å². The lowest BCUT2D eigenvalue weighted by Gasteiger charge is -2.34. The Kier molecular flexibility index (Phi) is 3.17. The number of hydrogen-bond donors (Lipinski definition) is 1. The van der Waals surface area contributed by atoms with E-state index >= 15 is 0 Å². The van der Waals surface area contributed by atoms with E-state index in [1.54, 1.807) is 0 Å². The lowest BCUT2D eigenvalue weighted by Crippen LogP contribution is -2.35. The van der Waals surface area contributed by atoms with Crippen LogP contribution in [0.25, 0.3) is 0 Å². The van der Waals surface area contributed by atoms with Crippen molar-refractivity contribution in [2.75, 3.05) is 14.1 Å². The van der Waals surface area contributed by atoms with Crippen LogP contribution in [0, 0.1) is 5.41 Å². The molecule has 2 nitrogen and oxygen atoms in total. The standard InChI is InChI=1S/C15H24N2/c1-15(2,3)11-6-7-13(8-11)17(5)14-9-12(10-14)16-4/h6-7,9,12,16H,8,10H2,1-5H3. The fraction of sp³-hybridized carbons (Fsp3) is 0.600. The van der Waals surface area contributed by atoms with Crippen LogP contribution in [-0.2, 0) is 0 Å². The lowest BCUT2D eigenvalue weighted by molar-refractivity contribution is 0.411. The molecule has 0 bridgehead atoms. The van der Waals surface area contributed by atoms with E-state index in [-0.39, 0.29) is 0 Å². The molecule has 1 atom stereocenters. The number of rotatable bonds is 3. The maximum Gasteiger partial charge on any atom is 0.0321 e. The first kappa shape index (κ1) is 12.4. The second kappa shape index (κ2) is 4.34. The van der Waals surface area contributed by atoms with E-state index in [0.29, 0.717) is 11.5 Å². The van der Waals surface area contributed by atoms with Crippen LogP contribution in [-0.4, -0.2) is 25.0 Å². The average molecular weight is 232 g/mol. The van der Waals surface area contributed by atoms with E-state index in [9.17, 15) is 0 Å². The molecular formula is C15H24N2. The summed E-state index contributed by atoms with van der Waals surface area (Å²) in [5, 5.41) is 3.27.